The molecule has 0 aliphatic carbocycles. The van der Waals surface area contributed by atoms with E-state index in [9.17, 15) is 14.0 Å². The lowest BCUT2D eigenvalue weighted by Crippen LogP contribution is -2.23. The molecule has 0 fully saturated rings. The Morgan fingerprint density at radius 1 is 1.32 bits per heavy atom. The van der Waals surface area contributed by atoms with E-state index in [0.717, 1.165) is 5.56 Å². The summed E-state index contributed by atoms with van der Waals surface area (Å²) in [5, 5.41) is 5.63. The van der Waals surface area contributed by atoms with Gasteiger partial charge in [0.25, 0.3) is 5.56 Å². The van der Waals surface area contributed by atoms with Crippen molar-refractivity contribution in [3.05, 3.63) is 76.9 Å². The van der Waals surface area contributed by atoms with Crippen molar-refractivity contribution in [2.75, 3.05) is 11.1 Å². The smallest absolute Gasteiger partial charge is 0.263 e. The van der Waals surface area contributed by atoms with E-state index in [-0.39, 0.29) is 23.7 Å². The minimum Gasteiger partial charge on any atom is -0.464 e. The van der Waals surface area contributed by atoms with Gasteiger partial charge in [-0.05, 0) is 36.4 Å². The summed E-state index contributed by atoms with van der Waals surface area (Å²) < 4.78 is 20.0. The van der Waals surface area contributed by atoms with Crippen LogP contribution in [0, 0.1) is 5.82 Å². The molecule has 3 heterocycles. The highest BCUT2D eigenvalue weighted by Gasteiger charge is 2.18. The number of fused-ring (bicyclic) bond motifs is 1. The molecule has 1 aromatic carbocycles. The molecule has 0 bridgehead atoms. The molecule has 9 heteroatoms. The lowest BCUT2D eigenvalue weighted by Gasteiger charge is -2.10. The molecule has 1 amide bonds. The summed E-state index contributed by atoms with van der Waals surface area (Å²) in [5.74, 6) is 0.486. The van der Waals surface area contributed by atoms with Crippen LogP contribution in [0.5, 0.6) is 0 Å². The number of carbonyl (C=O) groups excluding carboxylic acids is 1. The van der Waals surface area contributed by atoms with Crippen molar-refractivity contribution in [2.45, 2.75) is 18.1 Å². The number of thioether (sulfide) groups is 1. The van der Waals surface area contributed by atoms with Crippen molar-refractivity contribution in [3.63, 3.8) is 0 Å². The molecule has 4 rings (SSSR count). The summed E-state index contributed by atoms with van der Waals surface area (Å²) in [6.07, 6.45) is 3.42. The van der Waals surface area contributed by atoms with E-state index in [1.54, 1.807) is 29.0 Å². The quantitative estimate of drug-likeness (QED) is 0.225. The summed E-state index contributed by atoms with van der Waals surface area (Å²) in [6.45, 7) is 4.04. The van der Waals surface area contributed by atoms with Gasteiger partial charge in [-0.1, -0.05) is 17.8 Å². The number of hydrogen-bond acceptors (Lipinski definition) is 6. The molecule has 0 spiro atoms. The van der Waals surface area contributed by atoms with Crippen LogP contribution in [0.3, 0.4) is 0 Å². The number of furan rings is 1. The Kier molecular flexibility index (Phi) is 6.34. The number of anilines is 1. The van der Waals surface area contributed by atoms with Crippen molar-refractivity contribution in [3.8, 4) is 11.3 Å². The maximum Gasteiger partial charge on any atom is 0.263 e. The molecule has 6 nitrogen and oxygen atoms in total. The average Bonchev–Trinajstić information content (AvgIpc) is 3.42. The predicted molar refractivity (Wildman–Crippen MR) is 122 cm³/mol. The second kappa shape index (κ2) is 9.32. The van der Waals surface area contributed by atoms with Gasteiger partial charge < -0.3 is 9.73 Å². The largest absolute Gasteiger partial charge is 0.464 e. The fourth-order valence-corrected chi connectivity index (χ4v) is 4.93. The van der Waals surface area contributed by atoms with Gasteiger partial charge in [0.2, 0.25) is 5.91 Å². The molecule has 4 aromatic rings. The Labute approximate surface area is 185 Å². The summed E-state index contributed by atoms with van der Waals surface area (Å²) in [5.41, 5.74) is 1.08. The zero-order chi connectivity index (χ0) is 21.8. The van der Waals surface area contributed by atoms with E-state index >= 15 is 0 Å². The maximum atomic E-state index is 13.2. The van der Waals surface area contributed by atoms with Gasteiger partial charge >= 0.3 is 0 Å². The Bertz CT molecular complexity index is 1280. The number of allylic oxidation sites excluding steroid dienone is 1. The number of carbonyl (C=O) groups is 1. The Balaban J connectivity index is 1.52. The number of nitrogens with one attached hydrogen (secondary N) is 1. The molecular weight excluding hydrogens is 437 g/mol. The molecule has 0 aliphatic heterocycles. The lowest BCUT2D eigenvalue weighted by atomic mass is 10.2. The zero-order valence-corrected chi connectivity index (χ0v) is 18.0. The number of benzene rings is 1. The molecule has 0 saturated carbocycles. The van der Waals surface area contributed by atoms with Crippen molar-refractivity contribution < 1.29 is 13.6 Å². The van der Waals surface area contributed by atoms with Crippen LogP contribution in [-0.2, 0) is 11.3 Å². The number of thiophene rings is 1. The molecule has 0 atom stereocenters. The lowest BCUT2D eigenvalue weighted by molar-refractivity contribution is -0.115. The number of halogens is 1. The first kappa shape index (κ1) is 21.1. The fraction of sp³-hybridized carbons (Fsp3) is 0.136. The average molecular weight is 456 g/mol. The van der Waals surface area contributed by atoms with Crippen molar-refractivity contribution in [2.24, 2.45) is 0 Å². The highest BCUT2D eigenvalue weighted by atomic mass is 32.2. The highest BCUT2D eigenvalue weighted by Crippen LogP contribution is 2.32. The van der Waals surface area contributed by atoms with E-state index in [1.165, 1.54) is 47.4 Å². The van der Waals surface area contributed by atoms with Crippen LogP contribution in [0.2, 0.25) is 0 Å². The summed E-state index contributed by atoms with van der Waals surface area (Å²) in [7, 11) is 0. The molecule has 0 unspecified atom stereocenters. The van der Waals surface area contributed by atoms with Gasteiger partial charge in [-0.3, -0.25) is 14.2 Å². The SMILES string of the molecule is C=CCn1c(SCCC(=O)Nc2ccc(F)cc2)nc2scc(-c3ccco3)c2c1=O. The standard InChI is InChI=1S/C22H18FN3O3S2/c1-2-10-26-21(28)19-16(17-4-3-11-29-17)13-31-20(19)25-22(26)30-12-9-18(27)24-15-7-5-14(23)6-8-15/h2-8,11,13H,1,9-10,12H2,(H,24,27). The first-order valence-corrected chi connectivity index (χ1v) is 11.3. The van der Waals surface area contributed by atoms with Gasteiger partial charge in [0, 0.05) is 35.3 Å². The molecule has 158 valence electrons. The maximum absolute atomic E-state index is 13.2. The Hall–Kier alpha value is -3.17. The van der Waals surface area contributed by atoms with Crippen molar-refractivity contribution >= 4 is 44.9 Å². The zero-order valence-electron chi connectivity index (χ0n) is 16.3. The van der Waals surface area contributed by atoms with Crippen molar-refractivity contribution in [1.29, 1.82) is 0 Å². The second-order valence-corrected chi connectivity index (χ2v) is 8.48. The minimum absolute atomic E-state index is 0.171. The van der Waals surface area contributed by atoms with E-state index in [4.69, 9.17) is 4.42 Å². The molecular formula is C22H18FN3O3S2. The fourth-order valence-electron chi connectivity index (χ4n) is 3.01. The van der Waals surface area contributed by atoms with Gasteiger partial charge in [-0.15, -0.1) is 17.9 Å². The van der Waals surface area contributed by atoms with Crippen LogP contribution >= 0.6 is 23.1 Å². The third-order valence-corrected chi connectivity index (χ3v) is 6.30. The van der Waals surface area contributed by atoms with Gasteiger partial charge in [-0.2, -0.15) is 0 Å². The van der Waals surface area contributed by atoms with Gasteiger partial charge in [0.1, 0.15) is 16.4 Å². The third-order valence-electron chi connectivity index (χ3n) is 4.45. The Morgan fingerprint density at radius 2 is 2.13 bits per heavy atom. The number of aromatic nitrogens is 2. The van der Waals surface area contributed by atoms with Gasteiger partial charge in [-0.25, -0.2) is 9.37 Å². The molecule has 1 N–H and O–H groups in total. The Morgan fingerprint density at radius 3 is 2.84 bits per heavy atom. The monoisotopic (exact) mass is 455 g/mol. The molecule has 0 aliphatic rings. The van der Waals surface area contributed by atoms with E-state index in [0.29, 0.717) is 39.1 Å². The number of rotatable bonds is 8. The minimum atomic E-state index is -0.362. The van der Waals surface area contributed by atoms with Crippen LogP contribution < -0.4 is 10.9 Å². The van der Waals surface area contributed by atoms with Gasteiger partial charge in [0.05, 0.1) is 11.6 Å². The number of nitrogens with zero attached hydrogens (tertiary/aromatic N) is 2. The topological polar surface area (TPSA) is 77.1 Å². The van der Waals surface area contributed by atoms with Crippen LogP contribution in [0.15, 0.2) is 75.1 Å². The first-order valence-electron chi connectivity index (χ1n) is 9.42. The highest BCUT2D eigenvalue weighted by molar-refractivity contribution is 7.99. The van der Waals surface area contributed by atoms with Crippen LogP contribution in [0.25, 0.3) is 21.5 Å². The summed E-state index contributed by atoms with van der Waals surface area (Å²) >= 11 is 2.71. The summed E-state index contributed by atoms with van der Waals surface area (Å²) in [6, 6.07) is 9.16. The molecule has 3 aromatic heterocycles. The molecule has 0 radical (unpaired) electrons. The van der Waals surface area contributed by atoms with E-state index in [2.05, 4.69) is 16.9 Å². The molecule has 0 saturated heterocycles. The first-order chi connectivity index (χ1) is 15.1. The van der Waals surface area contributed by atoms with E-state index < -0.39 is 0 Å². The normalized spacial score (nSPS) is 11.0. The van der Waals surface area contributed by atoms with Gasteiger partial charge in [0.15, 0.2) is 5.16 Å². The third kappa shape index (κ3) is 4.62. The van der Waals surface area contributed by atoms with Crippen molar-refractivity contribution in [1.82, 2.24) is 9.55 Å². The second-order valence-electron chi connectivity index (χ2n) is 6.56. The van der Waals surface area contributed by atoms with E-state index in [1.807, 2.05) is 5.38 Å². The van der Waals surface area contributed by atoms with Crippen LogP contribution in [-0.4, -0.2) is 21.2 Å². The number of hydrogen-bond donors (Lipinski definition) is 1. The van der Waals surface area contributed by atoms with Crippen LogP contribution in [0.1, 0.15) is 6.42 Å². The van der Waals surface area contributed by atoms with Crippen LogP contribution in [0.4, 0.5) is 10.1 Å². The number of amides is 1. The predicted octanol–water partition coefficient (Wildman–Crippen LogP) is 5.16. The molecule has 31 heavy (non-hydrogen) atoms. The summed E-state index contributed by atoms with van der Waals surface area (Å²) in [4.78, 5) is 30.7.